The second-order valence-electron chi connectivity index (χ2n) is 11.8. The Labute approximate surface area is 266 Å². The number of nitrogens with zero attached hydrogens (tertiary/aromatic N) is 5. The van der Waals surface area contributed by atoms with Gasteiger partial charge < -0.3 is 30.2 Å². The highest BCUT2D eigenvalue weighted by Gasteiger charge is 2.52. The highest BCUT2D eigenvalue weighted by molar-refractivity contribution is 6.02. The maximum absolute atomic E-state index is 11.3. The van der Waals surface area contributed by atoms with Crippen LogP contribution in [-0.4, -0.2) is 84.2 Å². The van der Waals surface area contributed by atoms with E-state index in [9.17, 15) is 4.79 Å². The Morgan fingerprint density at radius 2 is 1.76 bits per heavy atom. The number of allylic oxidation sites excluding steroid dienone is 1. The van der Waals surface area contributed by atoms with Gasteiger partial charge in [0.05, 0.1) is 17.4 Å². The summed E-state index contributed by atoms with van der Waals surface area (Å²) in [6.07, 6.45) is 5.03. The third-order valence-electron chi connectivity index (χ3n) is 8.77. The number of rotatable bonds is 10. The van der Waals surface area contributed by atoms with Gasteiger partial charge >= 0.3 is 0 Å². The fourth-order valence-electron chi connectivity index (χ4n) is 5.70. The number of oxime groups is 1. The van der Waals surface area contributed by atoms with Gasteiger partial charge in [0.15, 0.2) is 17.4 Å². The van der Waals surface area contributed by atoms with Gasteiger partial charge in [-0.3, -0.25) is 10.2 Å². The molecular weight excluding hydrogens is 568 g/mol. The monoisotopic (exact) mass is 614 g/mol. The molecule has 3 fully saturated rings. The molecule has 1 saturated heterocycles. The lowest BCUT2D eigenvalue weighted by Crippen LogP contribution is -2.49. The predicted molar refractivity (Wildman–Crippen MR) is 177 cm³/mol. The second kappa shape index (κ2) is 14.2. The van der Waals surface area contributed by atoms with Crippen molar-refractivity contribution in [3.63, 3.8) is 0 Å². The van der Waals surface area contributed by atoms with Gasteiger partial charge in [-0.2, -0.15) is 4.98 Å². The van der Waals surface area contributed by atoms with Crippen molar-refractivity contribution >= 4 is 17.5 Å². The molecule has 0 atom stereocenters. The third-order valence-corrected chi connectivity index (χ3v) is 8.77. The summed E-state index contributed by atoms with van der Waals surface area (Å²) in [5.41, 5.74) is 9.26. The maximum atomic E-state index is 11.3. The molecule has 3 aliphatic rings. The van der Waals surface area contributed by atoms with Gasteiger partial charge in [-0.1, -0.05) is 66.8 Å². The van der Waals surface area contributed by atoms with E-state index in [1.165, 1.54) is 17.2 Å². The van der Waals surface area contributed by atoms with E-state index in [0.717, 1.165) is 57.4 Å². The summed E-state index contributed by atoms with van der Waals surface area (Å²) >= 11 is 0. The molecule has 2 heterocycles. The molecule has 0 spiro atoms. The van der Waals surface area contributed by atoms with Gasteiger partial charge in [-0.25, -0.2) is 0 Å². The zero-order valence-electron chi connectivity index (χ0n) is 25.8. The molecule has 4 N–H and O–H groups in total. The number of nitrogens with two attached hydrogens (primary N) is 1. The molecule has 45 heavy (non-hydrogen) atoms. The van der Waals surface area contributed by atoms with Crippen LogP contribution < -0.4 is 15.9 Å². The highest BCUT2D eigenvalue weighted by atomic mass is 16.6. The Kier molecular flexibility index (Phi) is 10.6. The van der Waals surface area contributed by atoms with Crippen LogP contribution in [0, 0.1) is 12.3 Å². The Bertz CT molecular complexity index is 1530. The molecule has 11 nitrogen and oxygen atoms in total. The summed E-state index contributed by atoms with van der Waals surface area (Å²) in [5, 5.41) is 19.2. The molecule has 2 saturated carbocycles. The van der Waals surface area contributed by atoms with Crippen LogP contribution in [0.1, 0.15) is 61.5 Å². The average molecular weight is 615 g/mol. The largest absolute Gasteiger partial charge is 0.384 e. The van der Waals surface area contributed by atoms with Crippen molar-refractivity contribution in [2.75, 3.05) is 46.8 Å². The normalized spacial score (nSPS) is 18.1. The van der Waals surface area contributed by atoms with E-state index in [2.05, 4.69) is 58.2 Å². The first-order valence-corrected chi connectivity index (χ1v) is 15.1. The molecular formula is C34H46N8O3. The second-order valence-corrected chi connectivity index (χ2v) is 11.8. The molecule has 0 bridgehead atoms. The smallest absolute Gasteiger partial charge is 0.275 e. The van der Waals surface area contributed by atoms with Crippen LogP contribution in [0.25, 0.3) is 0 Å². The van der Waals surface area contributed by atoms with Gasteiger partial charge in [0.1, 0.15) is 5.71 Å². The minimum Gasteiger partial charge on any atom is -0.384 e. The summed E-state index contributed by atoms with van der Waals surface area (Å²) in [7, 11) is 3.88. The molecule has 1 aromatic heterocycles. The van der Waals surface area contributed by atoms with Gasteiger partial charge in [0, 0.05) is 31.7 Å². The van der Waals surface area contributed by atoms with E-state index in [1.807, 2.05) is 41.3 Å². The number of benzene rings is 2. The number of hydrogen-bond acceptors (Lipinski definition) is 9. The number of aromatic nitrogens is 2. The van der Waals surface area contributed by atoms with E-state index in [-0.39, 0.29) is 30.4 Å². The molecule has 240 valence electrons. The number of amides is 1. The average Bonchev–Trinajstić information content (AvgIpc) is 3.97. The van der Waals surface area contributed by atoms with Gasteiger partial charge in [0.25, 0.3) is 5.89 Å². The van der Waals surface area contributed by atoms with E-state index in [4.69, 9.17) is 20.5 Å². The lowest BCUT2D eigenvalue weighted by molar-refractivity contribution is -0.131. The van der Waals surface area contributed by atoms with Crippen LogP contribution in [0.4, 0.5) is 0 Å². The van der Waals surface area contributed by atoms with Crippen molar-refractivity contribution in [1.29, 1.82) is 5.41 Å². The quantitative estimate of drug-likeness (QED) is 0.176. The van der Waals surface area contributed by atoms with Crippen LogP contribution in [0.15, 0.2) is 70.9 Å². The number of carbonyl (C=O) groups excluding carboxylic acids is 1. The fourth-order valence-corrected chi connectivity index (χ4v) is 5.70. The first-order valence-electron chi connectivity index (χ1n) is 15.1. The predicted octanol–water partition coefficient (Wildman–Crippen LogP) is 4.01. The standard InChI is InChI=1S/C25H25N5O2.C8H17N3O.CH4/c1-3-19(26)21-28-23(30-32-21)25(14-15-25)18-10-6-7-11-20(18)31-29-22(27)24(12-13-24)17-9-5-4-8-16(17)2;1-9-7-8(12)11-5-3-10(2)4-6-11;/h3-11,26H,1,12-15H2,2H3,(H2,27,29);9H,3-7H2,1-2H3;1H4. The van der Waals surface area contributed by atoms with E-state index in [0.29, 0.717) is 24.0 Å². The summed E-state index contributed by atoms with van der Waals surface area (Å²) in [6.45, 7) is 9.89. The summed E-state index contributed by atoms with van der Waals surface area (Å²) in [6, 6.07) is 16.0. The highest BCUT2D eigenvalue weighted by Crippen LogP contribution is 2.55. The van der Waals surface area contributed by atoms with Crippen LogP contribution >= 0.6 is 0 Å². The molecule has 0 unspecified atom stereocenters. The number of amidine groups is 1. The lowest BCUT2D eigenvalue weighted by Gasteiger charge is -2.32. The number of carbonyl (C=O) groups is 1. The topological polar surface area (TPSA) is 146 Å². The first kappa shape index (κ1) is 33.5. The molecule has 2 aromatic carbocycles. The minimum atomic E-state index is -0.405. The van der Waals surface area contributed by atoms with Crippen LogP contribution in [0.5, 0.6) is 5.75 Å². The third kappa shape index (κ3) is 7.15. The Morgan fingerprint density at radius 3 is 2.36 bits per heavy atom. The van der Waals surface area contributed by atoms with Crippen LogP contribution in [0.2, 0.25) is 0 Å². The number of aryl methyl sites for hydroxylation is 1. The van der Waals surface area contributed by atoms with Crippen molar-refractivity contribution in [1.82, 2.24) is 25.3 Å². The molecule has 6 rings (SSSR count). The number of piperazine rings is 1. The van der Waals surface area contributed by atoms with E-state index in [1.54, 1.807) is 7.05 Å². The van der Waals surface area contributed by atoms with Crippen molar-refractivity contribution in [2.45, 2.75) is 50.9 Å². The molecule has 2 aliphatic carbocycles. The molecule has 1 aliphatic heterocycles. The van der Waals surface area contributed by atoms with Crippen molar-refractivity contribution < 1.29 is 14.2 Å². The number of para-hydroxylation sites is 1. The van der Waals surface area contributed by atoms with Gasteiger partial charge in [0.2, 0.25) is 5.91 Å². The fraction of sp³-hybridized carbons (Fsp3) is 0.441. The van der Waals surface area contributed by atoms with Crippen LogP contribution in [-0.2, 0) is 15.6 Å². The Morgan fingerprint density at radius 1 is 1.11 bits per heavy atom. The maximum Gasteiger partial charge on any atom is 0.275 e. The van der Waals surface area contributed by atoms with Crippen molar-refractivity contribution in [2.24, 2.45) is 10.9 Å². The number of hydrogen-bond donors (Lipinski definition) is 3. The number of nitrogens with one attached hydrogen (secondary N) is 2. The van der Waals surface area contributed by atoms with E-state index < -0.39 is 5.41 Å². The van der Waals surface area contributed by atoms with Gasteiger partial charge in [-0.05, 0) is 70.0 Å². The van der Waals surface area contributed by atoms with Crippen molar-refractivity contribution in [3.8, 4) is 5.75 Å². The molecule has 11 heteroatoms. The first-order chi connectivity index (χ1) is 21.2. The van der Waals surface area contributed by atoms with Crippen LogP contribution in [0.3, 0.4) is 0 Å². The Balaban J connectivity index is 0.000000301. The molecule has 1 amide bonds. The van der Waals surface area contributed by atoms with E-state index >= 15 is 0 Å². The summed E-state index contributed by atoms with van der Waals surface area (Å²) < 4.78 is 5.27. The van der Waals surface area contributed by atoms with Gasteiger partial charge in [-0.15, -0.1) is 0 Å². The molecule has 0 radical (unpaired) electrons. The number of likely N-dealkylation sites (N-methyl/N-ethyl adjacent to an activating group) is 2. The molecule has 3 aromatic rings. The summed E-state index contributed by atoms with van der Waals surface area (Å²) in [5.74, 6) is 2.04. The minimum absolute atomic E-state index is 0. The lowest BCUT2D eigenvalue weighted by atomic mass is 9.91. The van der Waals surface area contributed by atoms with Crippen molar-refractivity contribution in [3.05, 3.63) is 89.6 Å². The Hall–Kier alpha value is -4.35. The summed E-state index contributed by atoms with van der Waals surface area (Å²) in [4.78, 5) is 25.9. The SMILES string of the molecule is C.C=CC(=N)c1nc(C2(c3ccccc3O/N=C(\N)C3(c4ccccc4C)CC3)CC2)no1.CNCC(=O)N1CCN(C)CC1. The zero-order valence-corrected chi connectivity index (χ0v) is 25.8. The zero-order chi connectivity index (χ0) is 31.3.